The molecule has 0 saturated heterocycles. The number of nitro groups is 1. The monoisotopic (exact) mass is 320 g/mol. The molecule has 0 saturated carbocycles. The van der Waals surface area contributed by atoms with Crippen LogP contribution in [0.3, 0.4) is 0 Å². The Kier molecular flexibility index (Phi) is 4.16. The van der Waals surface area contributed by atoms with Crippen LogP contribution in [0.1, 0.15) is 11.1 Å². The molecule has 1 N–H and O–H groups in total. The fourth-order valence-electron chi connectivity index (χ4n) is 1.83. The van der Waals surface area contributed by atoms with Crippen molar-refractivity contribution in [2.24, 2.45) is 0 Å². The number of hydrogen-bond donors (Lipinski definition) is 1. The molecule has 0 spiro atoms. The van der Waals surface area contributed by atoms with Crippen molar-refractivity contribution >= 4 is 27.3 Å². The molecule has 0 bridgehead atoms. The van der Waals surface area contributed by atoms with Crippen LogP contribution in [-0.4, -0.2) is 4.92 Å². The Balaban J connectivity index is 2.19. The Hall–Kier alpha value is -1.88. The van der Waals surface area contributed by atoms with Gasteiger partial charge in [-0.2, -0.15) is 0 Å². The lowest BCUT2D eigenvalue weighted by molar-refractivity contribution is -0.384. The van der Waals surface area contributed by atoms with Crippen LogP contribution < -0.4 is 5.32 Å². The normalized spacial score (nSPS) is 10.2. The van der Waals surface area contributed by atoms with Gasteiger partial charge in [0.05, 0.1) is 4.92 Å². The van der Waals surface area contributed by atoms with Gasteiger partial charge in [-0.15, -0.1) is 0 Å². The Morgan fingerprint density at radius 2 is 1.89 bits per heavy atom. The van der Waals surface area contributed by atoms with E-state index in [1.54, 1.807) is 6.07 Å². The summed E-state index contributed by atoms with van der Waals surface area (Å²) in [5.41, 5.74) is 2.62. The zero-order chi connectivity index (χ0) is 13.8. The largest absolute Gasteiger partial charge is 0.375 e. The molecule has 0 aliphatic heterocycles. The molecule has 0 amide bonds. The summed E-state index contributed by atoms with van der Waals surface area (Å²) < 4.78 is 1.01. The van der Waals surface area contributed by atoms with Crippen molar-refractivity contribution in [3.63, 3.8) is 0 Å². The number of nitro benzene ring substituents is 1. The summed E-state index contributed by atoms with van der Waals surface area (Å²) in [7, 11) is 0. The number of nitrogens with zero attached hydrogens (tertiary/aromatic N) is 1. The van der Waals surface area contributed by atoms with E-state index in [9.17, 15) is 10.1 Å². The number of hydrogen-bond acceptors (Lipinski definition) is 3. The maximum absolute atomic E-state index is 11.0. The molecule has 0 unspecified atom stereocenters. The zero-order valence-corrected chi connectivity index (χ0v) is 12.0. The quantitative estimate of drug-likeness (QED) is 0.675. The first-order valence-electron chi connectivity index (χ1n) is 5.80. The predicted molar refractivity (Wildman–Crippen MR) is 79.3 cm³/mol. The van der Waals surface area contributed by atoms with Crippen molar-refractivity contribution in [1.82, 2.24) is 0 Å². The van der Waals surface area contributed by atoms with Crippen molar-refractivity contribution in [3.8, 4) is 0 Å². The van der Waals surface area contributed by atoms with Crippen molar-refractivity contribution < 1.29 is 4.92 Å². The third-order valence-corrected chi connectivity index (χ3v) is 3.36. The Morgan fingerprint density at radius 3 is 2.53 bits per heavy atom. The van der Waals surface area contributed by atoms with Crippen LogP contribution in [0.5, 0.6) is 0 Å². The molecule has 2 aromatic carbocycles. The fourth-order valence-corrected chi connectivity index (χ4v) is 2.09. The molecule has 4 nitrogen and oxygen atoms in total. The Bertz CT molecular complexity index is 597. The van der Waals surface area contributed by atoms with Gasteiger partial charge >= 0.3 is 0 Å². The Labute approximate surface area is 119 Å². The van der Waals surface area contributed by atoms with Crippen molar-refractivity contribution in [1.29, 1.82) is 0 Å². The molecule has 0 radical (unpaired) electrons. The van der Waals surface area contributed by atoms with E-state index in [4.69, 9.17) is 0 Å². The predicted octanol–water partition coefficient (Wildman–Crippen LogP) is 4.28. The second-order valence-corrected chi connectivity index (χ2v) is 5.12. The summed E-state index contributed by atoms with van der Waals surface area (Å²) in [4.78, 5) is 10.6. The number of benzene rings is 2. The minimum Gasteiger partial charge on any atom is -0.375 e. The Morgan fingerprint density at radius 1 is 1.21 bits per heavy atom. The fraction of sp³-hybridized carbons (Fsp3) is 0.143. The molecule has 0 fully saturated rings. The van der Waals surface area contributed by atoms with Crippen LogP contribution in [0.4, 0.5) is 11.4 Å². The van der Waals surface area contributed by atoms with Gasteiger partial charge in [-0.1, -0.05) is 40.2 Å². The highest BCUT2D eigenvalue weighted by Crippen LogP contribution is 2.28. The van der Waals surface area contributed by atoms with Gasteiger partial charge in [-0.05, 0) is 30.2 Å². The van der Waals surface area contributed by atoms with E-state index in [2.05, 4.69) is 21.2 Å². The van der Waals surface area contributed by atoms with Gasteiger partial charge in [-0.25, -0.2) is 0 Å². The molecule has 2 rings (SSSR count). The average Bonchev–Trinajstić information content (AvgIpc) is 2.39. The van der Waals surface area contributed by atoms with Crippen molar-refractivity contribution in [2.75, 3.05) is 5.32 Å². The van der Waals surface area contributed by atoms with Crippen LogP contribution in [0.2, 0.25) is 0 Å². The number of anilines is 1. The molecule has 5 heteroatoms. The maximum atomic E-state index is 11.0. The van der Waals surface area contributed by atoms with Crippen LogP contribution >= 0.6 is 15.9 Å². The maximum Gasteiger partial charge on any atom is 0.292 e. The van der Waals surface area contributed by atoms with Crippen LogP contribution in [0.15, 0.2) is 46.9 Å². The number of nitrogens with one attached hydrogen (secondary N) is 1. The number of para-hydroxylation sites is 1. The van der Waals surface area contributed by atoms with E-state index in [1.807, 2.05) is 37.3 Å². The van der Waals surface area contributed by atoms with Gasteiger partial charge in [0.2, 0.25) is 0 Å². The lowest BCUT2D eigenvalue weighted by Gasteiger charge is -2.10. The van der Waals surface area contributed by atoms with E-state index >= 15 is 0 Å². The van der Waals surface area contributed by atoms with Crippen LogP contribution in [-0.2, 0) is 6.54 Å². The van der Waals surface area contributed by atoms with Crippen LogP contribution in [0.25, 0.3) is 0 Å². The van der Waals surface area contributed by atoms with E-state index < -0.39 is 0 Å². The van der Waals surface area contributed by atoms with E-state index in [-0.39, 0.29) is 10.6 Å². The van der Waals surface area contributed by atoms with Gasteiger partial charge in [0.1, 0.15) is 5.69 Å². The molecular formula is C14H13BrN2O2. The first kappa shape index (κ1) is 13.5. The molecular weight excluding hydrogens is 308 g/mol. The molecule has 0 aliphatic carbocycles. The van der Waals surface area contributed by atoms with Crippen LogP contribution in [0, 0.1) is 17.0 Å². The summed E-state index contributed by atoms with van der Waals surface area (Å²) in [5, 5.41) is 14.1. The highest BCUT2D eigenvalue weighted by molar-refractivity contribution is 9.10. The minimum atomic E-state index is -0.364. The second kappa shape index (κ2) is 5.84. The van der Waals surface area contributed by atoms with Gasteiger partial charge in [0, 0.05) is 17.1 Å². The second-order valence-electron chi connectivity index (χ2n) is 4.21. The molecule has 19 heavy (non-hydrogen) atoms. The third-order valence-electron chi connectivity index (χ3n) is 2.83. The summed E-state index contributed by atoms with van der Waals surface area (Å²) in [6, 6.07) is 12.9. The smallest absolute Gasteiger partial charge is 0.292 e. The summed E-state index contributed by atoms with van der Waals surface area (Å²) in [5.74, 6) is 0. The molecule has 0 heterocycles. The van der Waals surface area contributed by atoms with E-state index in [1.165, 1.54) is 6.07 Å². The van der Waals surface area contributed by atoms with E-state index in [0.29, 0.717) is 12.2 Å². The van der Waals surface area contributed by atoms with Gasteiger partial charge in [0.25, 0.3) is 5.69 Å². The highest BCUT2D eigenvalue weighted by atomic mass is 79.9. The summed E-state index contributed by atoms with van der Waals surface area (Å²) in [6.45, 7) is 2.41. The average molecular weight is 321 g/mol. The van der Waals surface area contributed by atoms with Crippen molar-refractivity contribution in [3.05, 3.63) is 68.2 Å². The SMILES string of the molecule is Cc1cccc([N+](=O)[O-])c1NCc1ccc(Br)cc1. The number of rotatable bonds is 4. The van der Waals surface area contributed by atoms with Gasteiger partial charge in [-0.3, -0.25) is 10.1 Å². The minimum absolute atomic E-state index is 0.108. The molecule has 0 atom stereocenters. The zero-order valence-electron chi connectivity index (χ0n) is 10.4. The van der Waals surface area contributed by atoms with E-state index in [0.717, 1.165) is 15.6 Å². The number of halogens is 1. The summed E-state index contributed by atoms with van der Waals surface area (Å²) >= 11 is 3.37. The standard InChI is InChI=1S/C14H13BrN2O2/c1-10-3-2-4-13(17(18)19)14(10)16-9-11-5-7-12(15)8-6-11/h2-8,16H,9H2,1H3. The van der Waals surface area contributed by atoms with Crippen molar-refractivity contribution in [2.45, 2.75) is 13.5 Å². The molecule has 98 valence electrons. The third kappa shape index (κ3) is 3.32. The summed E-state index contributed by atoms with van der Waals surface area (Å²) in [6.07, 6.45) is 0. The molecule has 0 aromatic heterocycles. The molecule has 0 aliphatic rings. The van der Waals surface area contributed by atoms with Gasteiger partial charge in [0.15, 0.2) is 0 Å². The lowest BCUT2D eigenvalue weighted by atomic mass is 10.1. The first-order valence-corrected chi connectivity index (χ1v) is 6.59. The number of aryl methyl sites for hydroxylation is 1. The lowest BCUT2D eigenvalue weighted by Crippen LogP contribution is -2.04. The first-order chi connectivity index (χ1) is 9.08. The van der Waals surface area contributed by atoms with Gasteiger partial charge < -0.3 is 5.32 Å². The highest BCUT2D eigenvalue weighted by Gasteiger charge is 2.14. The molecule has 2 aromatic rings. The topological polar surface area (TPSA) is 55.2 Å².